The zero-order chi connectivity index (χ0) is 24.7. The van der Waals surface area contributed by atoms with Crippen LogP contribution in [0.1, 0.15) is 27.2 Å². The van der Waals surface area contributed by atoms with Gasteiger partial charge in [-0.3, -0.25) is 14.6 Å². The van der Waals surface area contributed by atoms with Crippen molar-refractivity contribution in [3.05, 3.63) is 0 Å². The van der Waals surface area contributed by atoms with Gasteiger partial charge in [0, 0.05) is 19.3 Å². The lowest BCUT2D eigenvalue weighted by atomic mass is 9.94. The molecule has 2 rings (SSSR count). The van der Waals surface area contributed by atoms with Gasteiger partial charge in [0.25, 0.3) is 0 Å². The van der Waals surface area contributed by atoms with E-state index in [2.05, 4.69) is 15.6 Å². The Kier molecular flexibility index (Phi) is 10.6. The summed E-state index contributed by atoms with van der Waals surface area (Å²) in [7, 11) is 0. The third-order valence-corrected chi connectivity index (χ3v) is 5.67. The van der Waals surface area contributed by atoms with Crippen LogP contribution in [0.2, 0.25) is 0 Å². The maximum atomic E-state index is 11.9. The normalized spacial score (nSPS) is 39.8. The van der Waals surface area contributed by atoms with Crippen molar-refractivity contribution >= 4 is 18.0 Å². The average Bonchev–Trinajstić information content (AvgIpc) is 2.89. The topological polar surface area (TPSA) is 199 Å². The molecule has 0 bridgehead atoms. The van der Waals surface area contributed by atoms with Crippen LogP contribution >= 0.6 is 0 Å². The van der Waals surface area contributed by atoms with E-state index in [1.165, 1.54) is 13.1 Å². The molecular weight excluding hydrogens is 442 g/mol. The molecule has 2 heterocycles. The van der Waals surface area contributed by atoms with E-state index in [-0.39, 0.29) is 18.9 Å². The van der Waals surface area contributed by atoms with E-state index >= 15 is 0 Å². The molecule has 2 amide bonds. The van der Waals surface area contributed by atoms with Crippen LogP contribution in [0.4, 0.5) is 0 Å². The van der Waals surface area contributed by atoms with Gasteiger partial charge >= 0.3 is 0 Å². The number of nitrogens with one attached hydrogen (secondary N) is 2. The number of carbonyl (C=O) groups is 2. The standard InChI is InChI=1S/C20H35N3O10/c1-4-12(27)23-19-13(21-5-2)17(30)18(11(7-25)32-19)33-20-14(22-9(3)26)16(29)15(28)10(6-24)8-31-20/h5,10-11,13-20,24-25,28-30H,4,6-8H2,1-3H3,(H,22,26)(H,23,27). The molecule has 13 nitrogen and oxygen atoms in total. The molecule has 10 unspecified atom stereocenters. The van der Waals surface area contributed by atoms with Gasteiger partial charge in [-0.05, 0) is 13.1 Å². The van der Waals surface area contributed by atoms with Crippen LogP contribution < -0.4 is 10.6 Å². The summed E-state index contributed by atoms with van der Waals surface area (Å²) in [4.78, 5) is 27.8. The van der Waals surface area contributed by atoms with Crippen molar-refractivity contribution in [3.63, 3.8) is 0 Å². The average molecular weight is 478 g/mol. The van der Waals surface area contributed by atoms with E-state index in [4.69, 9.17) is 14.2 Å². The molecule has 13 heteroatoms. The summed E-state index contributed by atoms with van der Waals surface area (Å²) < 4.78 is 17.3. The number of hydrogen-bond acceptors (Lipinski definition) is 11. The van der Waals surface area contributed by atoms with E-state index in [1.54, 1.807) is 13.8 Å². The van der Waals surface area contributed by atoms with Crippen molar-refractivity contribution in [2.75, 3.05) is 19.8 Å². The van der Waals surface area contributed by atoms with E-state index in [1.807, 2.05) is 0 Å². The second kappa shape index (κ2) is 12.7. The second-order valence-electron chi connectivity index (χ2n) is 8.04. The van der Waals surface area contributed by atoms with Gasteiger partial charge in [-0.1, -0.05) is 6.92 Å². The van der Waals surface area contributed by atoms with Gasteiger partial charge < -0.3 is 50.4 Å². The lowest BCUT2D eigenvalue weighted by molar-refractivity contribution is -0.271. The van der Waals surface area contributed by atoms with Crippen molar-refractivity contribution < 1.29 is 49.3 Å². The molecule has 0 aromatic rings. The Morgan fingerprint density at radius 1 is 1.12 bits per heavy atom. The molecule has 2 aliphatic heterocycles. The molecular formula is C20H35N3O10. The largest absolute Gasteiger partial charge is 0.396 e. The maximum absolute atomic E-state index is 11.9. The Hall–Kier alpha value is -1.71. The minimum Gasteiger partial charge on any atom is -0.396 e. The fourth-order valence-corrected chi connectivity index (χ4v) is 3.87. The Balaban J connectivity index is 2.31. The Labute approximate surface area is 191 Å². The molecule has 0 aromatic carbocycles. The minimum absolute atomic E-state index is 0.169. The molecule has 10 atom stereocenters. The quantitative estimate of drug-likeness (QED) is 0.173. The number of aliphatic imine (C=N–C) groups is 1. The van der Waals surface area contributed by atoms with E-state index in [0.717, 1.165) is 0 Å². The highest BCUT2D eigenvalue weighted by atomic mass is 16.7. The van der Waals surface area contributed by atoms with Crippen LogP contribution in [0, 0.1) is 5.92 Å². The number of rotatable bonds is 8. The molecule has 33 heavy (non-hydrogen) atoms. The Morgan fingerprint density at radius 3 is 2.36 bits per heavy atom. The van der Waals surface area contributed by atoms with Crippen molar-refractivity contribution in [3.8, 4) is 0 Å². The van der Waals surface area contributed by atoms with Crippen molar-refractivity contribution in [2.24, 2.45) is 10.9 Å². The van der Waals surface area contributed by atoms with Gasteiger partial charge in [-0.25, -0.2) is 0 Å². The molecule has 190 valence electrons. The first-order chi connectivity index (χ1) is 15.7. The van der Waals surface area contributed by atoms with Crippen LogP contribution in [-0.2, 0) is 23.8 Å². The van der Waals surface area contributed by atoms with Gasteiger partial charge in [0.05, 0.1) is 25.9 Å². The summed E-state index contributed by atoms with van der Waals surface area (Å²) in [5.41, 5.74) is 0. The summed E-state index contributed by atoms with van der Waals surface area (Å²) in [5, 5.41) is 56.4. The molecule has 0 radical (unpaired) electrons. The molecule has 0 aromatic heterocycles. The monoisotopic (exact) mass is 477 g/mol. The van der Waals surface area contributed by atoms with Crippen molar-refractivity contribution in [1.29, 1.82) is 0 Å². The van der Waals surface area contributed by atoms with Gasteiger partial charge in [-0.15, -0.1) is 0 Å². The van der Waals surface area contributed by atoms with Crippen molar-refractivity contribution in [2.45, 2.75) is 82.3 Å². The molecule has 0 saturated carbocycles. The van der Waals surface area contributed by atoms with E-state index in [9.17, 15) is 35.1 Å². The van der Waals surface area contributed by atoms with Crippen LogP contribution in [0.15, 0.2) is 4.99 Å². The van der Waals surface area contributed by atoms with Crippen LogP contribution in [0.5, 0.6) is 0 Å². The molecule has 2 saturated heterocycles. The highest BCUT2D eigenvalue weighted by Gasteiger charge is 2.50. The molecule has 7 N–H and O–H groups in total. The summed E-state index contributed by atoms with van der Waals surface area (Å²) in [6.45, 7) is 3.17. The third kappa shape index (κ3) is 6.67. The van der Waals surface area contributed by atoms with Crippen LogP contribution in [0.25, 0.3) is 0 Å². The zero-order valence-corrected chi connectivity index (χ0v) is 18.9. The summed E-state index contributed by atoms with van der Waals surface area (Å²) in [6.07, 6.45) is -7.54. The molecule has 0 spiro atoms. The highest BCUT2D eigenvalue weighted by molar-refractivity contribution is 5.75. The van der Waals surface area contributed by atoms with Crippen LogP contribution in [-0.4, -0.2) is 119 Å². The number of ether oxygens (including phenoxy) is 3. The van der Waals surface area contributed by atoms with Gasteiger partial charge in [0.15, 0.2) is 12.5 Å². The summed E-state index contributed by atoms with van der Waals surface area (Å²) >= 11 is 0. The number of amides is 2. The van der Waals surface area contributed by atoms with Gasteiger partial charge in [-0.2, -0.15) is 0 Å². The fraction of sp³-hybridized carbons (Fsp3) is 0.850. The molecule has 2 aliphatic rings. The molecule has 0 aliphatic carbocycles. The first kappa shape index (κ1) is 27.5. The van der Waals surface area contributed by atoms with Gasteiger partial charge in [0.1, 0.15) is 36.5 Å². The van der Waals surface area contributed by atoms with E-state index < -0.39 is 80.2 Å². The highest BCUT2D eigenvalue weighted by Crippen LogP contribution is 2.29. The lowest BCUT2D eigenvalue weighted by Crippen LogP contribution is -2.65. The second-order valence-corrected chi connectivity index (χ2v) is 8.04. The van der Waals surface area contributed by atoms with Gasteiger partial charge in [0.2, 0.25) is 11.8 Å². The zero-order valence-electron chi connectivity index (χ0n) is 18.9. The SMILES string of the molecule is CC=NC1C(NC(=O)CC)OC(CO)C(OC2OCC(CO)C(O)C(O)C2NC(C)=O)C1O. The number of carbonyl (C=O) groups excluding carboxylic acids is 2. The number of nitrogens with zero attached hydrogens (tertiary/aromatic N) is 1. The maximum Gasteiger partial charge on any atom is 0.221 e. The molecule has 2 fully saturated rings. The Morgan fingerprint density at radius 2 is 1.82 bits per heavy atom. The van der Waals surface area contributed by atoms with Crippen LogP contribution in [0.3, 0.4) is 0 Å². The summed E-state index contributed by atoms with van der Waals surface area (Å²) in [6, 6.07) is -2.24. The van der Waals surface area contributed by atoms with E-state index in [0.29, 0.717) is 0 Å². The lowest BCUT2D eigenvalue weighted by Gasteiger charge is -2.44. The Bertz CT molecular complexity index is 680. The number of aliphatic hydroxyl groups is 5. The smallest absolute Gasteiger partial charge is 0.221 e. The first-order valence-corrected chi connectivity index (χ1v) is 10.9. The third-order valence-electron chi connectivity index (χ3n) is 5.67. The predicted octanol–water partition coefficient (Wildman–Crippen LogP) is -3.37. The number of hydrogen-bond donors (Lipinski definition) is 7. The fourth-order valence-electron chi connectivity index (χ4n) is 3.87. The predicted molar refractivity (Wildman–Crippen MR) is 113 cm³/mol. The number of aliphatic hydroxyl groups excluding tert-OH is 5. The van der Waals surface area contributed by atoms with Crippen molar-refractivity contribution in [1.82, 2.24) is 10.6 Å². The first-order valence-electron chi connectivity index (χ1n) is 10.9. The summed E-state index contributed by atoms with van der Waals surface area (Å²) in [5.74, 6) is -1.73. The minimum atomic E-state index is -1.56.